The standard InChI is InChI=1S/C19H20N4O3/c1-22-14-7-4-3-6-12(14)21-18(22)15-8-5-9-23(15)19(25)13-10-16(24)17(26-2)11-20-13/h3-4,6-7,10-11,15H,5,8-9H2,1-2H3,(H,20,24)/t15-/m0/s1. The van der Waals surface area contributed by atoms with Crippen LogP contribution in [0.3, 0.4) is 0 Å². The lowest BCUT2D eigenvalue weighted by molar-refractivity contribution is 0.0722. The number of amides is 1. The molecule has 1 aromatic carbocycles. The summed E-state index contributed by atoms with van der Waals surface area (Å²) in [5, 5.41) is 0. The van der Waals surface area contributed by atoms with Gasteiger partial charge >= 0.3 is 0 Å². The Labute approximate surface area is 150 Å². The van der Waals surface area contributed by atoms with Crippen molar-refractivity contribution in [2.24, 2.45) is 7.05 Å². The third kappa shape index (κ3) is 2.56. The summed E-state index contributed by atoms with van der Waals surface area (Å²) < 4.78 is 7.01. The largest absolute Gasteiger partial charge is 0.491 e. The number of likely N-dealkylation sites (tertiary alicyclic amines) is 1. The Morgan fingerprint density at radius 3 is 2.88 bits per heavy atom. The number of imidazole rings is 1. The molecule has 7 heteroatoms. The van der Waals surface area contributed by atoms with Gasteiger partial charge in [-0.1, -0.05) is 12.1 Å². The van der Waals surface area contributed by atoms with Crippen molar-refractivity contribution in [2.45, 2.75) is 18.9 Å². The fraction of sp³-hybridized carbons (Fsp3) is 0.316. The average Bonchev–Trinajstić information content (AvgIpc) is 3.26. The molecular formula is C19H20N4O3. The van der Waals surface area contributed by atoms with Crippen molar-refractivity contribution in [3.05, 3.63) is 58.3 Å². The first kappa shape index (κ1) is 16.4. The number of fused-ring (bicyclic) bond motifs is 1. The fourth-order valence-corrected chi connectivity index (χ4v) is 3.64. The zero-order chi connectivity index (χ0) is 18.3. The molecule has 2 aromatic heterocycles. The minimum Gasteiger partial charge on any atom is -0.491 e. The molecule has 1 saturated heterocycles. The minimum atomic E-state index is -0.312. The first-order chi connectivity index (χ1) is 12.6. The number of rotatable bonds is 3. The van der Waals surface area contributed by atoms with Crippen molar-refractivity contribution in [2.75, 3.05) is 13.7 Å². The second-order valence-electron chi connectivity index (χ2n) is 6.45. The maximum absolute atomic E-state index is 13.0. The highest BCUT2D eigenvalue weighted by molar-refractivity contribution is 5.93. The van der Waals surface area contributed by atoms with Crippen LogP contribution >= 0.6 is 0 Å². The average molecular weight is 352 g/mol. The quantitative estimate of drug-likeness (QED) is 0.784. The third-order valence-electron chi connectivity index (χ3n) is 4.96. The molecular weight excluding hydrogens is 332 g/mol. The Balaban J connectivity index is 1.69. The van der Waals surface area contributed by atoms with Gasteiger partial charge in [0.2, 0.25) is 5.43 Å². The van der Waals surface area contributed by atoms with Crippen molar-refractivity contribution in [3.63, 3.8) is 0 Å². The molecule has 1 amide bonds. The van der Waals surface area contributed by atoms with Crippen LogP contribution in [0.2, 0.25) is 0 Å². The lowest BCUT2D eigenvalue weighted by atomic mass is 10.2. The number of methoxy groups -OCH3 is 1. The van der Waals surface area contributed by atoms with Gasteiger partial charge in [0.05, 0.1) is 24.2 Å². The molecule has 1 N–H and O–H groups in total. The SMILES string of the molecule is COc1c[nH]c(C(=O)N2CCC[C@H]2c2nc3ccccc3n2C)cc1=O. The summed E-state index contributed by atoms with van der Waals surface area (Å²) in [7, 11) is 3.40. The van der Waals surface area contributed by atoms with Crippen LogP contribution in [0.25, 0.3) is 11.0 Å². The van der Waals surface area contributed by atoms with Crippen LogP contribution in [0.4, 0.5) is 0 Å². The predicted molar refractivity (Wildman–Crippen MR) is 97.3 cm³/mol. The van der Waals surface area contributed by atoms with E-state index in [1.54, 1.807) is 4.90 Å². The highest BCUT2D eigenvalue weighted by Gasteiger charge is 2.34. The predicted octanol–water partition coefficient (Wildman–Crippen LogP) is 2.25. The number of hydrogen-bond donors (Lipinski definition) is 1. The molecule has 1 aliphatic heterocycles. The Hall–Kier alpha value is -3.09. The molecule has 26 heavy (non-hydrogen) atoms. The van der Waals surface area contributed by atoms with Crippen LogP contribution < -0.4 is 10.2 Å². The van der Waals surface area contributed by atoms with Crippen molar-refractivity contribution in [3.8, 4) is 5.75 Å². The van der Waals surface area contributed by atoms with Gasteiger partial charge < -0.3 is 19.2 Å². The molecule has 0 aliphatic carbocycles. The normalized spacial score (nSPS) is 17.0. The molecule has 0 spiro atoms. The number of carbonyl (C=O) groups is 1. The summed E-state index contributed by atoms with van der Waals surface area (Å²) in [4.78, 5) is 34.4. The summed E-state index contributed by atoms with van der Waals surface area (Å²) in [5.41, 5.74) is 1.91. The molecule has 1 atom stereocenters. The minimum absolute atomic E-state index is 0.106. The Bertz CT molecular complexity index is 1040. The summed E-state index contributed by atoms with van der Waals surface area (Å²) >= 11 is 0. The van der Waals surface area contributed by atoms with E-state index in [1.807, 2.05) is 35.9 Å². The van der Waals surface area contributed by atoms with Gasteiger partial charge in [0, 0.05) is 25.9 Å². The van der Waals surface area contributed by atoms with Gasteiger partial charge in [-0.2, -0.15) is 0 Å². The zero-order valence-corrected chi connectivity index (χ0v) is 14.7. The Kier molecular flexibility index (Phi) is 3.99. The van der Waals surface area contributed by atoms with Gasteiger partial charge in [-0.05, 0) is 25.0 Å². The van der Waals surface area contributed by atoms with Crippen LogP contribution in [-0.4, -0.2) is 39.0 Å². The summed E-state index contributed by atoms with van der Waals surface area (Å²) in [6.07, 6.45) is 3.18. The number of pyridine rings is 1. The van der Waals surface area contributed by atoms with Crippen LogP contribution in [0, 0.1) is 0 Å². The van der Waals surface area contributed by atoms with Crippen molar-refractivity contribution in [1.82, 2.24) is 19.4 Å². The van der Waals surface area contributed by atoms with Gasteiger partial charge in [-0.15, -0.1) is 0 Å². The van der Waals surface area contributed by atoms with E-state index in [0.29, 0.717) is 6.54 Å². The Morgan fingerprint density at radius 2 is 2.15 bits per heavy atom. The van der Waals surface area contributed by atoms with E-state index in [9.17, 15) is 9.59 Å². The lowest BCUT2D eigenvalue weighted by Gasteiger charge is -2.24. The summed E-state index contributed by atoms with van der Waals surface area (Å²) in [5.74, 6) is 0.863. The first-order valence-electron chi connectivity index (χ1n) is 8.59. The van der Waals surface area contributed by atoms with Gasteiger partial charge in [-0.25, -0.2) is 4.98 Å². The van der Waals surface area contributed by atoms with Crippen molar-refractivity contribution >= 4 is 16.9 Å². The zero-order valence-electron chi connectivity index (χ0n) is 14.7. The second kappa shape index (κ2) is 6.33. The highest BCUT2D eigenvalue weighted by atomic mass is 16.5. The third-order valence-corrected chi connectivity index (χ3v) is 4.96. The molecule has 0 saturated carbocycles. The van der Waals surface area contributed by atoms with Crippen LogP contribution in [0.1, 0.15) is 35.2 Å². The van der Waals surface area contributed by atoms with Crippen molar-refractivity contribution in [1.29, 1.82) is 0 Å². The number of H-pyrrole nitrogens is 1. The number of carbonyl (C=O) groups excluding carboxylic acids is 1. The van der Waals surface area contributed by atoms with E-state index in [1.165, 1.54) is 19.4 Å². The lowest BCUT2D eigenvalue weighted by Crippen LogP contribution is -2.33. The van der Waals surface area contributed by atoms with E-state index in [2.05, 4.69) is 4.98 Å². The Morgan fingerprint density at radius 1 is 1.35 bits per heavy atom. The topological polar surface area (TPSA) is 80.2 Å². The van der Waals surface area contributed by atoms with E-state index >= 15 is 0 Å². The molecule has 3 heterocycles. The molecule has 0 bridgehead atoms. The van der Waals surface area contributed by atoms with E-state index in [-0.39, 0.29) is 28.8 Å². The molecule has 134 valence electrons. The summed E-state index contributed by atoms with van der Waals surface area (Å²) in [6.45, 7) is 0.640. The molecule has 0 radical (unpaired) electrons. The molecule has 1 fully saturated rings. The van der Waals surface area contributed by atoms with Crippen LogP contribution in [0.5, 0.6) is 5.75 Å². The number of ether oxygens (including phenoxy) is 1. The smallest absolute Gasteiger partial charge is 0.271 e. The van der Waals surface area contributed by atoms with Gasteiger partial charge in [0.1, 0.15) is 11.5 Å². The van der Waals surface area contributed by atoms with E-state index in [0.717, 1.165) is 29.7 Å². The number of aromatic amines is 1. The maximum Gasteiger partial charge on any atom is 0.271 e. The van der Waals surface area contributed by atoms with E-state index in [4.69, 9.17) is 9.72 Å². The maximum atomic E-state index is 13.0. The number of aromatic nitrogens is 3. The fourth-order valence-electron chi connectivity index (χ4n) is 3.64. The van der Waals surface area contributed by atoms with E-state index < -0.39 is 0 Å². The van der Waals surface area contributed by atoms with Gasteiger partial charge in [-0.3, -0.25) is 9.59 Å². The number of para-hydroxylation sites is 2. The van der Waals surface area contributed by atoms with Gasteiger partial charge in [0.15, 0.2) is 5.75 Å². The molecule has 0 unspecified atom stereocenters. The monoisotopic (exact) mass is 352 g/mol. The summed E-state index contributed by atoms with van der Waals surface area (Å²) in [6, 6.07) is 9.12. The van der Waals surface area contributed by atoms with Crippen molar-refractivity contribution < 1.29 is 9.53 Å². The number of aryl methyl sites for hydroxylation is 1. The molecule has 4 rings (SSSR count). The number of nitrogens with one attached hydrogen (secondary N) is 1. The molecule has 3 aromatic rings. The second-order valence-corrected chi connectivity index (χ2v) is 6.45. The van der Waals surface area contributed by atoms with Crippen LogP contribution in [0.15, 0.2) is 41.3 Å². The number of benzene rings is 1. The first-order valence-corrected chi connectivity index (χ1v) is 8.59. The number of hydrogen-bond acceptors (Lipinski definition) is 4. The molecule has 1 aliphatic rings. The van der Waals surface area contributed by atoms with Crippen LogP contribution in [-0.2, 0) is 7.05 Å². The highest BCUT2D eigenvalue weighted by Crippen LogP contribution is 2.33. The molecule has 7 nitrogen and oxygen atoms in total. The van der Waals surface area contributed by atoms with Gasteiger partial charge in [0.25, 0.3) is 5.91 Å². The number of nitrogens with zero attached hydrogens (tertiary/aromatic N) is 3.